The molecule has 0 amide bonds. The molecule has 1 saturated heterocycles. The summed E-state index contributed by atoms with van der Waals surface area (Å²) in [5.74, 6) is 0.621. The number of ether oxygens (including phenoxy) is 1. The number of rotatable bonds is 7. The van der Waals surface area contributed by atoms with E-state index in [9.17, 15) is 0 Å². The van der Waals surface area contributed by atoms with Crippen molar-refractivity contribution in [2.75, 3.05) is 19.7 Å². The van der Waals surface area contributed by atoms with Gasteiger partial charge in [0.05, 0.1) is 6.10 Å². The lowest BCUT2D eigenvalue weighted by atomic mass is 9.92. The minimum atomic E-state index is 0.512. The fourth-order valence-electron chi connectivity index (χ4n) is 2.69. The highest BCUT2D eigenvalue weighted by Crippen LogP contribution is 2.25. The highest BCUT2D eigenvalue weighted by molar-refractivity contribution is 5.19. The van der Waals surface area contributed by atoms with Crippen LogP contribution in [0.2, 0.25) is 0 Å². The lowest BCUT2D eigenvalue weighted by molar-refractivity contribution is 0.101. The molecule has 0 radical (unpaired) electrons. The van der Waals surface area contributed by atoms with Gasteiger partial charge < -0.3 is 10.1 Å². The SMILES string of the molecule is CCNCC(CCC1CCCO1)c1ccccc1. The third-order valence-corrected chi connectivity index (χ3v) is 3.77. The van der Waals surface area contributed by atoms with E-state index in [1.54, 1.807) is 0 Å². The number of hydrogen-bond acceptors (Lipinski definition) is 2. The van der Waals surface area contributed by atoms with Crippen LogP contribution in [0.1, 0.15) is 44.1 Å². The highest BCUT2D eigenvalue weighted by atomic mass is 16.5. The van der Waals surface area contributed by atoms with Crippen LogP contribution in [0.5, 0.6) is 0 Å². The molecule has 0 spiro atoms. The van der Waals surface area contributed by atoms with Crippen LogP contribution >= 0.6 is 0 Å². The monoisotopic (exact) mass is 247 g/mol. The molecule has 1 heterocycles. The predicted octanol–water partition coefficient (Wildman–Crippen LogP) is 3.34. The van der Waals surface area contributed by atoms with Crippen LogP contribution < -0.4 is 5.32 Å². The predicted molar refractivity (Wildman–Crippen MR) is 75.9 cm³/mol. The Morgan fingerprint density at radius 1 is 1.33 bits per heavy atom. The van der Waals surface area contributed by atoms with Crippen LogP contribution in [-0.4, -0.2) is 25.8 Å². The minimum Gasteiger partial charge on any atom is -0.378 e. The molecule has 0 saturated carbocycles. The third kappa shape index (κ3) is 4.11. The normalized spacial score (nSPS) is 21.1. The van der Waals surface area contributed by atoms with Crippen molar-refractivity contribution in [1.29, 1.82) is 0 Å². The van der Waals surface area contributed by atoms with E-state index in [0.29, 0.717) is 12.0 Å². The molecular weight excluding hydrogens is 222 g/mol. The maximum absolute atomic E-state index is 5.72. The molecule has 18 heavy (non-hydrogen) atoms. The number of nitrogens with one attached hydrogen (secondary N) is 1. The van der Waals surface area contributed by atoms with Gasteiger partial charge in [-0.15, -0.1) is 0 Å². The quantitative estimate of drug-likeness (QED) is 0.798. The van der Waals surface area contributed by atoms with Crippen LogP contribution in [0.3, 0.4) is 0 Å². The van der Waals surface area contributed by atoms with Crippen LogP contribution in [0.15, 0.2) is 30.3 Å². The number of likely N-dealkylation sites (N-methyl/N-ethyl adjacent to an activating group) is 1. The fraction of sp³-hybridized carbons (Fsp3) is 0.625. The van der Waals surface area contributed by atoms with Gasteiger partial charge in [-0.2, -0.15) is 0 Å². The zero-order valence-corrected chi connectivity index (χ0v) is 11.4. The van der Waals surface area contributed by atoms with Crippen molar-refractivity contribution in [3.05, 3.63) is 35.9 Å². The Labute approximate surface area is 111 Å². The van der Waals surface area contributed by atoms with Crippen molar-refractivity contribution < 1.29 is 4.74 Å². The molecule has 1 aliphatic heterocycles. The maximum Gasteiger partial charge on any atom is 0.0576 e. The van der Waals surface area contributed by atoms with Gasteiger partial charge >= 0.3 is 0 Å². The third-order valence-electron chi connectivity index (χ3n) is 3.77. The molecule has 0 aromatic heterocycles. The van der Waals surface area contributed by atoms with E-state index >= 15 is 0 Å². The zero-order chi connectivity index (χ0) is 12.6. The summed E-state index contributed by atoms with van der Waals surface area (Å²) < 4.78 is 5.72. The summed E-state index contributed by atoms with van der Waals surface area (Å²) in [5, 5.41) is 3.48. The lowest BCUT2D eigenvalue weighted by Gasteiger charge is -2.19. The Kier molecular flexibility index (Phi) is 5.69. The summed E-state index contributed by atoms with van der Waals surface area (Å²) in [7, 11) is 0. The van der Waals surface area contributed by atoms with Gasteiger partial charge in [0.15, 0.2) is 0 Å². The first-order valence-electron chi connectivity index (χ1n) is 7.27. The average Bonchev–Trinajstić information content (AvgIpc) is 2.93. The van der Waals surface area contributed by atoms with Gasteiger partial charge in [-0.3, -0.25) is 0 Å². The van der Waals surface area contributed by atoms with E-state index in [2.05, 4.69) is 42.6 Å². The van der Waals surface area contributed by atoms with Crippen molar-refractivity contribution in [1.82, 2.24) is 5.32 Å². The molecule has 0 aliphatic carbocycles. The number of hydrogen-bond donors (Lipinski definition) is 1. The Bertz CT molecular complexity index is 319. The Morgan fingerprint density at radius 3 is 2.83 bits per heavy atom. The van der Waals surface area contributed by atoms with Gasteiger partial charge in [-0.05, 0) is 43.7 Å². The minimum absolute atomic E-state index is 0.512. The van der Waals surface area contributed by atoms with E-state index in [0.717, 1.165) is 19.7 Å². The summed E-state index contributed by atoms with van der Waals surface area (Å²) in [6.07, 6.45) is 5.43. The van der Waals surface area contributed by atoms with Gasteiger partial charge in [0.1, 0.15) is 0 Å². The van der Waals surface area contributed by atoms with Crippen molar-refractivity contribution >= 4 is 0 Å². The van der Waals surface area contributed by atoms with Gasteiger partial charge in [-0.25, -0.2) is 0 Å². The summed E-state index contributed by atoms with van der Waals surface area (Å²) in [6, 6.07) is 10.9. The fourth-order valence-corrected chi connectivity index (χ4v) is 2.69. The van der Waals surface area contributed by atoms with Gasteiger partial charge in [0.2, 0.25) is 0 Å². The molecule has 2 unspecified atom stereocenters. The van der Waals surface area contributed by atoms with Gasteiger partial charge in [0.25, 0.3) is 0 Å². The van der Waals surface area contributed by atoms with E-state index in [4.69, 9.17) is 4.74 Å². The summed E-state index contributed by atoms with van der Waals surface area (Å²) in [6.45, 7) is 5.26. The van der Waals surface area contributed by atoms with Crippen LogP contribution in [0.25, 0.3) is 0 Å². The molecule has 2 rings (SSSR count). The molecule has 2 nitrogen and oxygen atoms in total. The Balaban J connectivity index is 1.87. The summed E-state index contributed by atoms with van der Waals surface area (Å²) in [4.78, 5) is 0. The van der Waals surface area contributed by atoms with E-state index in [-0.39, 0.29) is 0 Å². The van der Waals surface area contributed by atoms with Gasteiger partial charge in [-0.1, -0.05) is 37.3 Å². The van der Waals surface area contributed by atoms with E-state index in [1.807, 2.05) is 0 Å². The van der Waals surface area contributed by atoms with Crippen molar-refractivity contribution in [3.63, 3.8) is 0 Å². The topological polar surface area (TPSA) is 21.3 Å². The lowest BCUT2D eigenvalue weighted by Crippen LogP contribution is -2.22. The first kappa shape index (κ1) is 13.6. The first-order chi connectivity index (χ1) is 8.90. The molecule has 1 N–H and O–H groups in total. The second kappa shape index (κ2) is 7.55. The van der Waals surface area contributed by atoms with Gasteiger partial charge in [0, 0.05) is 13.2 Å². The Hall–Kier alpha value is -0.860. The molecule has 0 bridgehead atoms. The first-order valence-corrected chi connectivity index (χ1v) is 7.27. The molecule has 1 fully saturated rings. The van der Waals surface area contributed by atoms with Crippen LogP contribution in [0, 0.1) is 0 Å². The van der Waals surface area contributed by atoms with E-state index in [1.165, 1.54) is 31.2 Å². The summed E-state index contributed by atoms with van der Waals surface area (Å²) in [5.41, 5.74) is 1.46. The zero-order valence-electron chi connectivity index (χ0n) is 11.4. The molecule has 2 atom stereocenters. The Morgan fingerprint density at radius 2 is 2.17 bits per heavy atom. The van der Waals surface area contributed by atoms with Crippen LogP contribution in [-0.2, 0) is 4.74 Å². The number of benzene rings is 1. The standard InChI is InChI=1S/C16H25NO/c1-2-17-13-15(14-7-4-3-5-8-14)10-11-16-9-6-12-18-16/h3-5,7-8,15-17H,2,6,9-13H2,1H3. The van der Waals surface area contributed by atoms with Crippen LogP contribution in [0.4, 0.5) is 0 Å². The molecule has 100 valence electrons. The smallest absolute Gasteiger partial charge is 0.0576 e. The second-order valence-corrected chi connectivity index (χ2v) is 5.13. The highest BCUT2D eigenvalue weighted by Gasteiger charge is 2.18. The molecule has 1 aliphatic rings. The maximum atomic E-state index is 5.72. The van der Waals surface area contributed by atoms with Crippen molar-refractivity contribution in [3.8, 4) is 0 Å². The second-order valence-electron chi connectivity index (χ2n) is 5.13. The molecule has 2 heteroatoms. The molecule has 1 aromatic carbocycles. The molecule has 1 aromatic rings. The molecular formula is C16H25NO. The summed E-state index contributed by atoms with van der Waals surface area (Å²) >= 11 is 0. The van der Waals surface area contributed by atoms with E-state index < -0.39 is 0 Å². The van der Waals surface area contributed by atoms with Crippen molar-refractivity contribution in [2.24, 2.45) is 0 Å². The van der Waals surface area contributed by atoms with Crippen molar-refractivity contribution in [2.45, 2.75) is 44.6 Å². The largest absolute Gasteiger partial charge is 0.378 e. The average molecular weight is 247 g/mol.